The van der Waals surface area contributed by atoms with Gasteiger partial charge in [0.1, 0.15) is 23.4 Å². The first-order valence-electron chi connectivity index (χ1n) is 11.4. The number of benzene rings is 1. The molecule has 3 aromatic rings. The number of nitrogens with two attached hydrogens (primary N) is 2. The van der Waals surface area contributed by atoms with Crippen LogP contribution in [0.3, 0.4) is 0 Å². The third-order valence-corrected chi connectivity index (χ3v) is 7.82. The maximum atomic E-state index is 14.4. The van der Waals surface area contributed by atoms with E-state index in [1.165, 1.54) is 27.1 Å². The molecule has 4 rings (SSSR count). The summed E-state index contributed by atoms with van der Waals surface area (Å²) < 4.78 is 42.3. The van der Waals surface area contributed by atoms with Crippen molar-refractivity contribution >= 4 is 33.4 Å². The van der Waals surface area contributed by atoms with E-state index in [-0.39, 0.29) is 42.1 Å². The number of aromatic nitrogens is 3. The van der Waals surface area contributed by atoms with Gasteiger partial charge in [0.25, 0.3) is 0 Å². The summed E-state index contributed by atoms with van der Waals surface area (Å²) in [5.74, 6) is 0.130. The molecule has 1 aliphatic heterocycles. The lowest BCUT2D eigenvalue weighted by Crippen LogP contribution is -2.44. The SMILES string of the molecule is CC(O)CN(c1c(N)nc(C2c3cccnc3N(Cc3ccccc3F)N2C)nc1N)S(=O)(=O)N(C)C. The summed E-state index contributed by atoms with van der Waals surface area (Å²) in [6.45, 7) is 1.35. The average Bonchev–Trinajstić information content (AvgIpc) is 3.10. The fraction of sp³-hybridized carbons (Fsp3) is 0.348. The Kier molecular flexibility index (Phi) is 7.19. The molecule has 0 saturated carbocycles. The maximum Gasteiger partial charge on any atom is 0.303 e. The van der Waals surface area contributed by atoms with Crippen LogP contribution in [0.5, 0.6) is 0 Å². The Balaban J connectivity index is 1.78. The zero-order valence-corrected chi connectivity index (χ0v) is 21.8. The second kappa shape index (κ2) is 10.0. The van der Waals surface area contributed by atoms with Gasteiger partial charge in [0.2, 0.25) is 0 Å². The molecule has 2 aromatic heterocycles. The number of hydrazine groups is 1. The number of halogens is 1. The lowest BCUT2D eigenvalue weighted by Gasteiger charge is -2.31. The topological polar surface area (TPSA) is 158 Å². The maximum absolute atomic E-state index is 14.4. The van der Waals surface area contributed by atoms with Crippen LogP contribution in [0.25, 0.3) is 0 Å². The van der Waals surface area contributed by atoms with Gasteiger partial charge in [-0.15, -0.1) is 0 Å². The molecule has 0 spiro atoms. The summed E-state index contributed by atoms with van der Waals surface area (Å²) in [5.41, 5.74) is 13.6. The molecule has 37 heavy (non-hydrogen) atoms. The zero-order chi connectivity index (χ0) is 27.1. The summed E-state index contributed by atoms with van der Waals surface area (Å²) >= 11 is 0. The monoisotopic (exact) mass is 531 g/mol. The molecule has 198 valence electrons. The highest BCUT2D eigenvalue weighted by molar-refractivity contribution is 7.90. The van der Waals surface area contributed by atoms with Crippen molar-refractivity contribution in [2.45, 2.75) is 25.6 Å². The number of nitrogen functional groups attached to an aromatic ring is 2. The number of aliphatic hydroxyl groups is 1. The van der Waals surface area contributed by atoms with Crippen molar-refractivity contribution in [3.05, 3.63) is 65.4 Å². The normalized spacial score (nSPS) is 16.7. The second-order valence-electron chi connectivity index (χ2n) is 8.91. The fourth-order valence-electron chi connectivity index (χ4n) is 4.23. The van der Waals surface area contributed by atoms with Gasteiger partial charge >= 0.3 is 10.2 Å². The van der Waals surface area contributed by atoms with Crippen LogP contribution in [0.4, 0.5) is 27.5 Å². The minimum Gasteiger partial charge on any atom is -0.392 e. The molecule has 0 bridgehead atoms. The Bertz CT molecular complexity index is 1380. The molecule has 0 amide bonds. The van der Waals surface area contributed by atoms with Crippen LogP contribution in [-0.2, 0) is 16.8 Å². The fourth-order valence-corrected chi connectivity index (χ4v) is 5.45. The average molecular weight is 532 g/mol. The molecule has 5 N–H and O–H groups in total. The summed E-state index contributed by atoms with van der Waals surface area (Å²) in [4.78, 5) is 13.4. The van der Waals surface area contributed by atoms with E-state index < -0.39 is 22.4 Å². The van der Waals surface area contributed by atoms with E-state index in [9.17, 15) is 17.9 Å². The van der Waals surface area contributed by atoms with Crippen molar-refractivity contribution in [3.8, 4) is 0 Å². The van der Waals surface area contributed by atoms with E-state index in [4.69, 9.17) is 11.5 Å². The van der Waals surface area contributed by atoms with Crippen molar-refractivity contribution in [2.75, 3.05) is 48.5 Å². The van der Waals surface area contributed by atoms with Crippen molar-refractivity contribution in [1.82, 2.24) is 24.3 Å². The van der Waals surface area contributed by atoms with E-state index in [0.717, 1.165) is 14.2 Å². The highest BCUT2D eigenvalue weighted by atomic mass is 32.2. The predicted octanol–water partition coefficient (Wildman–Crippen LogP) is 1.13. The number of anilines is 4. The molecule has 2 unspecified atom stereocenters. The standard InChI is InChI=1S/C23H30FN9O3S/c1-14(34)12-33(37(35,36)30(2)3)19-20(25)28-22(29-21(19)26)18-16-9-7-11-27-23(16)32(31(18)4)13-15-8-5-6-10-17(15)24/h5-11,14,18,34H,12-13H2,1-4H3,(H4,25,26,28,29). The van der Waals surface area contributed by atoms with Gasteiger partial charge in [-0.2, -0.15) is 12.7 Å². The number of rotatable bonds is 8. The van der Waals surface area contributed by atoms with Crippen LogP contribution in [0.15, 0.2) is 42.6 Å². The molecule has 1 aromatic carbocycles. The van der Waals surface area contributed by atoms with E-state index in [0.29, 0.717) is 11.4 Å². The second-order valence-corrected chi connectivity index (χ2v) is 11.0. The van der Waals surface area contributed by atoms with Crippen LogP contribution in [0.2, 0.25) is 0 Å². The van der Waals surface area contributed by atoms with Crippen molar-refractivity contribution in [1.29, 1.82) is 0 Å². The lowest BCUT2D eigenvalue weighted by atomic mass is 10.1. The first-order valence-corrected chi connectivity index (χ1v) is 12.8. The molecule has 0 radical (unpaired) electrons. The Morgan fingerprint density at radius 3 is 2.38 bits per heavy atom. The number of pyridine rings is 1. The van der Waals surface area contributed by atoms with Crippen molar-refractivity contribution in [3.63, 3.8) is 0 Å². The summed E-state index contributed by atoms with van der Waals surface area (Å²) in [5, 5.41) is 13.6. The third kappa shape index (κ3) is 4.87. The third-order valence-electron chi connectivity index (χ3n) is 6.01. The Hall–Kier alpha value is -3.59. The first-order chi connectivity index (χ1) is 17.4. The van der Waals surface area contributed by atoms with Crippen molar-refractivity contribution in [2.24, 2.45) is 0 Å². The lowest BCUT2D eigenvalue weighted by molar-refractivity contribution is 0.204. The van der Waals surface area contributed by atoms with Crippen LogP contribution in [-0.4, -0.2) is 71.6 Å². The number of nitrogens with zero attached hydrogens (tertiary/aromatic N) is 7. The van der Waals surface area contributed by atoms with Crippen molar-refractivity contribution < 1.29 is 17.9 Å². The number of aliphatic hydroxyl groups excluding tert-OH is 1. The largest absolute Gasteiger partial charge is 0.392 e. The van der Waals surface area contributed by atoms with Gasteiger partial charge in [-0.3, -0.25) is 5.01 Å². The Labute approximate surface area is 215 Å². The smallest absolute Gasteiger partial charge is 0.303 e. The molecule has 2 atom stereocenters. The number of fused-ring (bicyclic) bond motifs is 1. The van der Waals surface area contributed by atoms with Gasteiger partial charge in [-0.25, -0.2) is 28.7 Å². The molecule has 3 heterocycles. The van der Waals surface area contributed by atoms with Crippen LogP contribution in [0.1, 0.15) is 29.9 Å². The molecule has 1 aliphatic rings. The molecule has 14 heteroatoms. The minimum absolute atomic E-state index is 0.117. The van der Waals surface area contributed by atoms with Crippen LogP contribution in [0, 0.1) is 5.82 Å². The van der Waals surface area contributed by atoms with E-state index in [1.54, 1.807) is 42.5 Å². The van der Waals surface area contributed by atoms with Gasteiger partial charge < -0.3 is 16.6 Å². The number of hydrogen-bond donors (Lipinski definition) is 3. The molecular formula is C23H30FN9O3S. The number of hydrogen-bond acceptors (Lipinski definition) is 10. The molecular weight excluding hydrogens is 501 g/mol. The van der Waals surface area contributed by atoms with E-state index >= 15 is 0 Å². The van der Waals surface area contributed by atoms with Crippen LogP contribution < -0.4 is 20.8 Å². The summed E-state index contributed by atoms with van der Waals surface area (Å²) in [6, 6.07) is 9.51. The molecule has 0 aliphatic carbocycles. The molecule has 12 nitrogen and oxygen atoms in total. The molecule has 0 fully saturated rings. The van der Waals surface area contributed by atoms with Gasteiger partial charge in [-0.1, -0.05) is 24.3 Å². The first kappa shape index (κ1) is 26.5. The quantitative estimate of drug-likeness (QED) is 0.385. The van der Waals surface area contributed by atoms with Gasteiger partial charge in [-0.05, 0) is 19.1 Å². The minimum atomic E-state index is -4.07. The Morgan fingerprint density at radius 2 is 1.78 bits per heavy atom. The van der Waals surface area contributed by atoms with E-state index in [2.05, 4.69) is 15.0 Å². The van der Waals surface area contributed by atoms with Gasteiger partial charge in [0, 0.05) is 38.5 Å². The summed E-state index contributed by atoms with van der Waals surface area (Å²) in [7, 11) is 0.426. The van der Waals surface area contributed by atoms with Gasteiger partial charge in [0.15, 0.2) is 17.5 Å². The Morgan fingerprint density at radius 1 is 1.14 bits per heavy atom. The molecule has 0 saturated heterocycles. The highest BCUT2D eigenvalue weighted by Crippen LogP contribution is 2.42. The zero-order valence-electron chi connectivity index (χ0n) is 20.9. The predicted molar refractivity (Wildman–Crippen MR) is 139 cm³/mol. The summed E-state index contributed by atoms with van der Waals surface area (Å²) in [6.07, 6.45) is 0.620. The van der Waals surface area contributed by atoms with Gasteiger partial charge in [0.05, 0.1) is 19.2 Å². The van der Waals surface area contributed by atoms with Crippen LogP contribution >= 0.6 is 0 Å². The highest BCUT2D eigenvalue weighted by Gasteiger charge is 2.39. The van der Waals surface area contributed by atoms with E-state index in [1.807, 2.05) is 11.1 Å².